The second kappa shape index (κ2) is 15.7. The van der Waals surface area contributed by atoms with Crippen molar-refractivity contribution in [2.24, 2.45) is 0 Å². The number of carboxylic acids is 1. The molecule has 0 amide bonds. The number of aliphatic carboxylic acids is 1. The van der Waals surface area contributed by atoms with Crippen LogP contribution in [-0.4, -0.2) is 5.97 Å². The minimum atomic E-state index is -1.08. The molecule has 42 valence electrons. The first-order chi connectivity index (χ1) is 3.65. The Balaban J connectivity index is -0.0000000720. The van der Waals surface area contributed by atoms with Crippen LogP contribution in [-0.2, 0) is 4.79 Å². The fourth-order valence-corrected chi connectivity index (χ4v) is 0. The van der Waals surface area contributed by atoms with Gasteiger partial charge < -0.3 is 9.90 Å². The van der Waals surface area contributed by atoms with Crippen molar-refractivity contribution < 1.29 is 39.5 Å². The van der Waals surface area contributed by atoms with Gasteiger partial charge in [0.05, 0.1) is 0 Å². The van der Waals surface area contributed by atoms with Crippen LogP contribution in [0.5, 0.6) is 0 Å². The van der Waals surface area contributed by atoms with Crippen molar-refractivity contribution in [2.75, 3.05) is 0 Å². The van der Waals surface area contributed by atoms with E-state index in [9.17, 15) is 0 Å². The topological polar surface area (TPSA) is 87.7 Å². The van der Waals surface area contributed by atoms with E-state index in [1.54, 1.807) is 0 Å². The van der Waals surface area contributed by atoms with Gasteiger partial charge in [-0.1, -0.05) is 0 Å². The molecule has 4 nitrogen and oxygen atoms in total. The molecule has 0 spiro atoms. The average molecular weight is 134 g/mol. The maximum atomic E-state index is 8.89. The molecule has 0 aromatic heterocycles. The minimum Gasteiger partial charge on any atom is -0.550 e. The van der Waals surface area contributed by atoms with Crippen molar-refractivity contribution in [1.29, 1.82) is 10.5 Å². The van der Waals surface area contributed by atoms with Crippen LogP contribution in [0.1, 0.15) is 6.92 Å². The zero-order valence-corrected chi connectivity index (χ0v) is 7.21. The molecule has 0 rings (SSSR count). The largest absolute Gasteiger partial charge is 1.00 e. The smallest absolute Gasteiger partial charge is 0.550 e. The first kappa shape index (κ1) is 15.8. The third kappa shape index (κ3) is 1090. The predicted octanol–water partition coefficient (Wildman–Crippen LogP) is -4.21. The standard InChI is InChI=1S/C2N2.C2H4O2.Na/c3-1-2-4;1-2(3)4;/h;1H3,(H,3,4);/q;;+1/p-1. The van der Waals surface area contributed by atoms with Gasteiger partial charge in [-0.25, -0.2) is 0 Å². The maximum Gasteiger partial charge on any atom is 1.00 e. The second-order valence-electron chi connectivity index (χ2n) is 0.715. The number of nitrogens with zero attached hydrogens (tertiary/aromatic N) is 2. The van der Waals surface area contributed by atoms with Crippen LogP contribution in [0.2, 0.25) is 0 Å². The fraction of sp³-hybridized carbons (Fsp3) is 0.250. The Morgan fingerprint density at radius 3 is 1.56 bits per heavy atom. The molecule has 9 heavy (non-hydrogen) atoms. The Kier molecular flexibility index (Phi) is 27.5. The molecule has 0 saturated heterocycles. The number of rotatable bonds is 0. The van der Waals surface area contributed by atoms with Crippen LogP contribution in [0.4, 0.5) is 0 Å². The number of hydrogen-bond acceptors (Lipinski definition) is 4. The molecule has 0 radical (unpaired) electrons. The summed E-state index contributed by atoms with van der Waals surface area (Å²) in [6.07, 6.45) is 0. The Morgan fingerprint density at radius 1 is 1.44 bits per heavy atom. The molecule has 0 bridgehead atoms. The van der Waals surface area contributed by atoms with Gasteiger partial charge in [-0.15, -0.1) is 0 Å². The molecular weight excluding hydrogens is 131 g/mol. The van der Waals surface area contributed by atoms with Gasteiger partial charge in [0.2, 0.25) is 0 Å². The van der Waals surface area contributed by atoms with E-state index in [0.29, 0.717) is 0 Å². The summed E-state index contributed by atoms with van der Waals surface area (Å²) >= 11 is 0. The average Bonchev–Trinajstić information content (AvgIpc) is 1.65. The summed E-state index contributed by atoms with van der Waals surface area (Å²) in [6, 6.07) is 2.47. The van der Waals surface area contributed by atoms with E-state index in [4.69, 9.17) is 20.4 Å². The first-order valence-electron chi connectivity index (χ1n) is 1.61. The van der Waals surface area contributed by atoms with E-state index < -0.39 is 5.97 Å². The molecule has 0 unspecified atom stereocenters. The summed E-state index contributed by atoms with van der Waals surface area (Å²) in [5.41, 5.74) is 0. The Morgan fingerprint density at radius 2 is 1.56 bits per heavy atom. The fourth-order valence-electron chi connectivity index (χ4n) is 0. The number of hydrogen-bond donors (Lipinski definition) is 0. The van der Waals surface area contributed by atoms with Crippen LogP contribution in [0, 0.1) is 22.7 Å². The molecule has 0 aromatic carbocycles. The molecule has 0 aliphatic heterocycles. The van der Waals surface area contributed by atoms with Crippen LogP contribution in [0.3, 0.4) is 0 Å². The summed E-state index contributed by atoms with van der Waals surface area (Å²) < 4.78 is 0. The van der Waals surface area contributed by atoms with Gasteiger partial charge in [0.25, 0.3) is 0 Å². The van der Waals surface area contributed by atoms with E-state index in [1.165, 1.54) is 12.1 Å². The molecule has 0 aliphatic carbocycles. The molecular formula is C4H3N2NaO2. The number of carbonyl (C=O) groups is 1. The zero-order chi connectivity index (χ0) is 6.99. The third-order valence-corrected chi connectivity index (χ3v) is 0.0500. The summed E-state index contributed by atoms with van der Waals surface area (Å²) in [5.74, 6) is -1.08. The van der Waals surface area contributed by atoms with Crippen molar-refractivity contribution in [1.82, 2.24) is 0 Å². The third-order valence-electron chi connectivity index (χ3n) is 0.0500. The SMILES string of the molecule is CC(=O)[O-].N#CC#N.[Na+]. The number of nitriles is 2. The van der Waals surface area contributed by atoms with E-state index >= 15 is 0 Å². The van der Waals surface area contributed by atoms with Crippen LogP contribution in [0.15, 0.2) is 0 Å². The molecule has 0 atom stereocenters. The van der Waals surface area contributed by atoms with Crippen LogP contribution in [0.25, 0.3) is 0 Å². The molecule has 0 aromatic rings. The van der Waals surface area contributed by atoms with Crippen molar-refractivity contribution in [3.8, 4) is 12.1 Å². The normalized spacial score (nSPS) is 3.89. The van der Waals surface area contributed by atoms with Crippen molar-refractivity contribution in [3.63, 3.8) is 0 Å². The molecule has 0 saturated carbocycles. The molecule has 0 fully saturated rings. The van der Waals surface area contributed by atoms with E-state index in [0.717, 1.165) is 6.92 Å². The summed E-state index contributed by atoms with van der Waals surface area (Å²) in [5, 5.41) is 23.4. The second-order valence-corrected chi connectivity index (χ2v) is 0.715. The van der Waals surface area contributed by atoms with Gasteiger partial charge in [0.1, 0.15) is 0 Å². The summed E-state index contributed by atoms with van der Waals surface area (Å²) in [6.45, 7) is 0.972. The summed E-state index contributed by atoms with van der Waals surface area (Å²) in [4.78, 5) is 8.89. The maximum absolute atomic E-state index is 8.89. The van der Waals surface area contributed by atoms with Gasteiger partial charge in [0, 0.05) is 5.97 Å². The number of carboxylic acid groups (broad SMARTS) is 1. The van der Waals surface area contributed by atoms with E-state index in [2.05, 4.69) is 0 Å². The van der Waals surface area contributed by atoms with Crippen molar-refractivity contribution >= 4 is 5.97 Å². The minimum absolute atomic E-state index is 0. The van der Waals surface area contributed by atoms with E-state index in [-0.39, 0.29) is 29.6 Å². The monoisotopic (exact) mass is 134 g/mol. The molecule has 0 heterocycles. The van der Waals surface area contributed by atoms with Crippen molar-refractivity contribution in [3.05, 3.63) is 0 Å². The van der Waals surface area contributed by atoms with Gasteiger partial charge in [-0.2, -0.15) is 10.5 Å². The quantitative estimate of drug-likeness (QED) is 0.314. The number of carbonyl (C=O) groups excluding carboxylic acids is 1. The van der Waals surface area contributed by atoms with Gasteiger partial charge in [-0.05, 0) is 6.92 Å². The predicted molar refractivity (Wildman–Crippen MR) is 21.9 cm³/mol. The molecule has 0 N–H and O–H groups in total. The van der Waals surface area contributed by atoms with Gasteiger partial charge in [0.15, 0.2) is 12.1 Å². The van der Waals surface area contributed by atoms with Crippen LogP contribution >= 0.6 is 0 Å². The molecule has 5 heteroatoms. The summed E-state index contributed by atoms with van der Waals surface area (Å²) in [7, 11) is 0. The first-order valence-corrected chi connectivity index (χ1v) is 1.61. The Hall–Kier alpha value is -0.550. The van der Waals surface area contributed by atoms with Gasteiger partial charge >= 0.3 is 29.6 Å². The van der Waals surface area contributed by atoms with Gasteiger partial charge in [-0.3, -0.25) is 0 Å². The van der Waals surface area contributed by atoms with E-state index in [1.807, 2.05) is 0 Å². The van der Waals surface area contributed by atoms with Crippen molar-refractivity contribution in [2.45, 2.75) is 6.92 Å². The Bertz CT molecular complexity index is 128. The van der Waals surface area contributed by atoms with Crippen LogP contribution < -0.4 is 34.7 Å². The zero-order valence-electron chi connectivity index (χ0n) is 5.21. The molecule has 0 aliphatic rings. The Labute approximate surface area is 75.0 Å².